The van der Waals surface area contributed by atoms with E-state index in [9.17, 15) is 4.79 Å². The third kappa shape index (κ3) is 6.10. The average Bonchev–Trinajstić information content (AvgIpc) is 3.30. The highest BCUT2D eigenvalue weighted by atomic mass is 32.2. The summed E-state index contributed by atoms with van der Waals surface area (Å²) < 4.78 is 17.1. The van der Waals surface area contributed by atoms with Crippen LogP contribution < -0.4 is 19.1 Å². The number of likely N-dealkylation sites (N-methyl/N-ethyl adjacent to an activating group) is 1. The lowest BCUT2D eigenvalue weighted by atomic mass is 10.3. The summed E-state index contributed by atoms with van der Waals surface area (Å²) in [6, 6.07) is 11.4. The first-order valence-electron chi connectivity index (χ1n) is 10.9. The SMILES string of the molecule is CCN(CC)CCN(C(=O)CSc1ccc(OC)cc1)c1nc2c(OC)ccc(OC)c2s1. The molecule has 1 heterocycles. The van der Waals surface area contributed by atoms with E-state index in [-0.39, 0.29) is 5.91 Å². The summed E-state index contributed by atoms with van der Waals surface area (Å²) in [5.74, 6) is 2.51. The third-order valence-electron chi connectivity index (χ3n) is 5.39. The van der Waals surface area contributed by atoms with Crippen molar-refractivity contribution in [2.45, 2.75) is 18.7 Å². The summed E-state index contributed by atoms with van der Waals surface area (Å²) in [4.78, 5) is 23.3. The van der Waals surface area contributed by atoms with Crippen LogP contribution in [0.15, 0.2) is 41.3 Å². The molecule has 33 heavy (non-hydrogen) atoms. The molecule has 1 aromatic heterocycles. The second-order valence-corrected chi connectivity index (χ2v) is 9.21. The van der Waals surface area contributed by atoms with Crippen LogP contribution in [0.5, 0.6) is 17.2 Å². The standard InChI is InChI=1S/C24H31N3O4S2/c1-6-26(7-2)14-15-27(21(28)16-32-18-10-8-17(29-3)9-11-18)24-25-22-19(30-4)12-13-20(31-5)23(22)33-24/h8-13H,6-7,14-16H2,1-5H3. The van der Waals surface area contributed by atoms with Gasteiger partial charge in [0.25, 0.3) is 0 Å². The molecule has 0 aliphatic heterocycles. The Hall–Kier alpha value is -2.49. The van der Waals surface area contributed by atoms with Gasteiger partial charge >= 0.3 is 0 Å². The van der Waals surface area contributed by atoms with E-state index in [1.165, 1.54) is 23.1 Å². The van der Waals surface area contributed by atoms with Crippen LogP contribution in [0.3, 0.4) is 0 Å². The van der Waals surface area contributed by atoms with E-state index in [2.05, 4.69) is 18.7 Å². The monoisotopic (exact) mass is 489 g/mol. The van der Waals surface area contributed by atoms with Gasteiger partial charge in [-0.1, -0.05) is 25.2 Å². The molecule has 3 aromatic rings. The van der Waals surface area contributed by atoms with Crippen molar-refractivity contribution in [3.63, 3.8) is 0 Å². The van der Waals surface area contributed by atoms with E-state index < -0.39 is 0 Å². The molecule has 9 heteroatoms. The van der Waals surface area contributed by atoms with Gasteiger partial charge in [0.2, 0.25) is 5.91 Å². The molecule has 2 aromatic carbocycles. The largest absolute Gasteiger partial charge is 0.497 e. The quantitative estimate of drug-likeness (QED) is 0.339. The number of benzene rings is 2. The Morgan fingerprint density at radius 3 is 2.21 bits per heavy atom. The molecular weight excluding hydrogens is 458 g/mol. The van der Waals surface area contributed by atoms with Crippen LogP contribution in [0.2, 0.25) is 0 Å². The number of thioether (sulfide) groups is 1. The van der Waals surface area contributed by atoms with Gasteiger partial charge < -0.3 is 19.1 Å². The van der Waals surface area contributed by atoms with Crippen molar-refractivity contribution in [1.29, 1.82) is 0 Å². The average molecular weight is 490 g/mol. The molecule has 0 spiro atoms. The fourth-order valence-corrected chi connectivity index (χ4v) is 5.29. The maximum atomic E-state index is 13.4. The maximum Gasteiger partial charge on any atom is 0.239 e. The summed E-state index contributed by atoms with van der Waals surface area (Å²) in [6.45, 7) is 7.46. The first-order valence-corrected chi connectivity index (χ1v) is 12.7. The molecule has 7 nitrogen and oxygen atoms in total. The number of thiazole rings is 1. The lowest BCUT2D eigenvalue weighted by Crippen LogP contribution is -2.39. The van der Waals surface area contributed by atoms with Gasteiger partial charge in [0.15, 0.2) is 5.13 Å². The zero-order valence-corrected chi connectivity index (χ0v) is 21.4. The van der Waals surface area contributed by atoms with Crippen molar-refractivity contribution in [3.05, 3.63) is 36.4 Å². The predicted molar refractivity (Wildman–Crippen MR) is 137 cm³/mol. The normalized spacial score (nSPS) is 11.1. The van der Waals surface area contributed by atoms with Crippen molar-refractivity contribution in [3.8, 4) is 17.2 Å². The summed E-state index contributed by atoms with van der Waals surface area (Å²) >= 11 is 2.96. The van der Waals surface area contributed by atoms with Gasteiger partial charge in [0, 0.05) is 18.0 Å². The molecule has 0 N–H and O–H groups in total. The van der Waals surface area contributed by atoms with E-state index in [4.69, 9.17) is 19.2 Å². The number of nitrogens with zero attached hydrogens (tertiary/aromatic N) is 3. The van der Waals surface area contributed by atoms with Crippen molar-refractivity contribution in [1.82, 2.24) is 9.88 Å². The van der Waals surface area contributed by atoms with Crippen molar-refractivity contribution < 1.29 is 19.0 Å². The van der Waals surface area contributed by atoms with Crippen LogP contribution in [0, 0.1) is 0 Å². The van der Waals surface area contributed by atoms with Crippen molar-refractivity contribution in [2.24, 2.45) is 0 Å². The number of ether oxygens (including phenoxy) is 3. The first kappa shape index (κ1) is 25.1. The molecule has 0 aliphatic rings. The molecule has 0 saturated carbocycles. The van der Waals surface area contributed by atoms with Crippen molar-refractivity contribution in [2.75, 3.05) is 58.2 Å². The molecule has 0 aliphatic carbocycles. The number of hydrogen-bond donors (Lipinski definition) is 0. The maximum absolute atomic E-state index is 13.4. The molecule has 0 radical (unpaired) electrons. The van der Waals surface area contributed by atoms with E-state index >= 15 is 0 Å². The Morgan fingerprint density at radius 1 is 0.939 bits per heavy atom. The number of methoxy groups -OCH3 is 3. The van der Waals surface area contributed by atoms with Crippen LogP contribution in [0.4, 0.5) is 5.13 Å². The van der Waals surface area contributed by atoms with Gasteiger partial charge in [0.05, 0.1) is 27.1 Å². The number of carbonyl (C=O) groups excluding carboxylic acids is 1. The Morgan fingerprint density at radius 2 is 1.61 bits per heavy atom. The van der Waals surface area contributed by atoms with Gasteiger partial charge in [-0.05, 0) is 49.5 Å². The van der Waals surface area contributed by atoms with Crippen LogP contribution in [0.1, 0.15) is 13.8 Å². The first-order chi connectivity index (χ1) is 16.0. The lowest BCUT2D eigenvalue weighted by Gasteiger charge is -2.24. The number of anilines is 1. The van der Waals surface area contributed by atoms with E-state index in [1.54, 1.807) is 26.2 Å². The smallest absolute Gasteiger partial charge is 0.239 e. The lowest BCUT2D eigenvalue weighted by molar-refractivity contribution is -0.116. The number of aromatic nitrogens is 1. The number of hydrogen-bond acceptors (Lipinski definition) is 8. The summed E-state index contributed by atoms with van der Waals surface area (Å²) in [5.41, 5.74) is 0.709. The molecule has 178 valence electrons. The highest BCUT2D eigenvalue weighted by Crippen LogP contribution is 2.40. The molecule has 0 bridgehead atoms. The summed E-state index contributed by atoms with van der Waals surface area (Å²) in [6.07, 6.45) is 0. The highest BCUT2D eigenvalue weighted by Gasteiger charge is 2.23. The van der Waals surface area contributed by atoms with E-state index in [0.29, 0.717) is 28.7 Å². The Bertz CT molecular complexity index is 1010. The number of carbonyl (C=O) groups is 1. The van der Waals surface area contributed by atoms with Crippen LogP contribution >= 0.6 is 23.1 Å². The van der Waals surface area contributed by atoms with Gasteiger partial charge in [-0.3, -0.25) is 9.69 Å². The molecule has 0 saturated heterocycles. The Labute approximate surface area is 203 Å². The molecule has 3 rings (SSSR count). The summed E-state index contributed by atoms with van der Waals surface area (Å²) in [7, 11) is 4.89. The van der Waals surface area contributed by atoms with Gasteiger partial charge in [-0.2, -0.15) is 0 Å². The molecule has 0 atom stereocenters. The highest BCUT2D eigenvalue weighted by molar-refractivity contribution is 8.00. The van der Waals surface area contributed by atoms with E-state index in [0.717, 1.165) is 40.7 Å². The fourth-order valence-electron chi connectivity index (χ4n) is 3.39. The fraction of sp³-hybridized carbons (Fsp3) is 0.417. The topological polar surface area (TPSA) is 64.1 Å². The number of fused-ring (bicyclic) bond motifs is 1. The van der Waals surface area contributed by atoms with Crippen LogP contribution in [0.25, 0.3) is 10.2 Å². The minimum absolute atomic E-state index is 0.0139. The zero-order valence-electron chi connectivity index (χ0n) is 19.8. The minimum Gasteiger partial charge on any atom is -0.497 e. The zero-order chi connectivity index (χ0) is 23.8. The number of amides is 1. The molecule has 0 fully saturated rings. The van der Waals surface area contributed by atoms with Crippen LogP contribution in [-0.2, 0) is 4.79 Å². The number of rotatable bonds is 12. The molecule has 1 amide bonds. The third-order valence-corrected chi connectivity index (χ3v) is 7.48. The second-order valence-electron chi connectivity index (χ2n) is 7.18. The summed E-state index contributed by atoms with van der Waals surface area (Å²) in [5, 5.41) is 0.653. The van der Waals surface area contributed by atoms with Crippen molar-refractivity contribution >= 4 is 44.4 Å². The van der Waals surface area contributed by atoms with Gasteiger partial charge in [0.1, 0.15) is 27.5 Å². The predicted octanol–water partition coefficient (Wildman–Crippen LogP) is 4.79. The Balaban J connectivity index is 1.87. The van der Waals surface area contributed by atoms with Gasteiger partial charge in [-0.15, -0.1) is 11.8 Å². The Kier molecular flexibility index (Phi) is 9.22. The second kappa shape index (κ2) is 12.1. The van der Waals surface area contributed by atoms with E-state index in [1.807, 2.05) is 36.4 Å². The molecule has 0 unspecified atom stereocenters. The minimum atomic E-state index is 0.0139. The van der Waals surface area contributed by atoms with Gasteiger partial charge in [-0.25, -0.2) is 4.98 Å². The van der Waals surface area contributed by atoms with Crippen LogP contribution in [-0.4, -0.2) is 69.1 Å². The molecular formula is C24H31N3O4S2.